The molecule has 0 aliphatic carbocycles. The lowest BCUT2D eigenvalue weighted by molar-refractivity contribution is -0.185. The number of unbranched alkanes of at least 4 members (excludes halogenated alkanes) is 1. The normalized spacial score (nSPS) is 17.9. The van der Waals surface area contributed by atoms with E-state index < -0.39 is 12.1 Å². The van der Waals surface area contributed by atoms with Gasteiger partial charge in [-0.3, -0.25) is 0 Å². The van der Waals surface area contributed by atoms with Crippen molar-refractivity contribution in [2.75, 3.05) is 19.6 Å². The summed E-state index contributed by atoms with van der Waals surface area (Å²) in [6.07, 6.45) is -1.65. The summed E-state index contributed by atoms with van der Waals surface area (Å²) in [7, 11) is 0. The predicted molar refractivity (Wildman–Crippen MR) is 82.0 cm³/mol. The molecule has 2 heterocycles. The highest BCUT2D eigenvalue weighted by Gasteiger charge is 2.40. The number of fused-ring (bicyclic) bond motifs is 1. The number of piperidine rings is 1. The average Bonchev–Trinajstić information content (AvgIpc) is 2.94. The van der Waals surface area contributed by atoms with Gasteiger partial charge in [-0.1, -0.05) is 17.3 Å². The number of hydrogen-bond acceptors (Lipinski definition) is 3. The van der Waals surface area contributed by atoms with Crippen molar-refractivity contribution in [3.8, 4) is 0 Å². The largest absolute Gasteiger partial charge is 0.391 e. The molecular weight excluding hydrogens is 305 g/mol. The lowest BCUT2D eigenvalue weighted by Crippen LogP contribution is -2.39. The zero-order chi connectivity index (χ0) is 16.3. The van der Waals surface area contributed by atoms with E-state index in [0.29, 0.717) is 13.1 Å². The standard InChI is InChI=1S/C16H21F3N4/c17-16(18,19)13-7-11-22(12-8-13)9-3-4-10-23-15-6-2-1-5-14(15)20-21-23/h1-2,5-6,13H,3-4,7-12H2. The van der Waals surface area contributed by atoms with E-state index in [0.717, 1.165) is 37.0 Å². The maximum absolute atomic E-state index is 12.6. The smallest absolute Gasteiger partial charge is 0.303 e. The number of hydrogen-bond donors (Lipinski definition) is 0. The number of rotatable bonds is 5. The summed E-state index contributed by atoms with van der Waals surface area (Å²) < 4.78 is 39.8. The first-order chi connectivity index (χ1) is 11.0. The van der Waals surface area contributed by atoms with Crippen LogP contribution in [0.2, 0.25) is 0 Å². The Labute approximate surface area is 133 Å². The number of benzene rings is 1. The number of para-hydroxylation sites is 1. The summed E-state index contributed by atoms with van der Waals surface area (Å²) in [5, 5.41) is 8.26. The minimum absolute atomic E-state index is 0.233. The van der Waals surface area contributed by atoms with Crippen LogP contribution in [-0.4, -0.2) is 45.7 Å². The first kappa shape index (κ1) is 16.2. The van der Waals surface area contributed by atoms with Gasteiger partial charge in [-0.2, -0.15) is 13.2 Å². The Hall–Kier alpha value is -1.63. The van der Waals surface area contributed by atoms with Crippen LogP contribution in [0.1, 0.15) is 25.7 Å². The van der Waals surface area contributed by atoms with Crippen LogP contribution in [0.25, 0.3) is 11.0 Å². The van der Waals surface area contributed by atoms with Gasteiger partial charge in [0.05, 0.1) is 11.4 Å². The van der Waals surface area contributed by atoms with Gasteiger partial charge in [-0.15, -0.1) is 5.10 Å². The van der Waals surface area contributed by atoms with Crippen LogP contribution in [0.15, 0.2) is 24.3 Å². The summed E-state index contributed by atoms with van der Waals surface area (Å²) in [6.45, 7) is 2.75. The maximum Gasteiger partial charge on any atom is 0.391 e. The van der Waals surface area contributed by atoms with Gasteiger partial charge in [0.25, 0.3) is 0 Å². The molecular formula is C16H21F3N4. The van der Waals surface area contributed by atoms with Gasteiger partial charge >= 0.3 is 6.18 Å². The van der Waals surface area contributed by atoms with E-state index in [9.17, 15) is 13.2 Å². The van der Waals surface area contributed by atoms with Crippen LogP contribution in [0.5, 0.6) is 0 Å². The monoisotopic (exact) mass is 326 g/mol. The summed E-state index contributed by atoms with van der Waals surface area (Å²) in [6, 6.07) is 7.83. The third-order valence-corrected chi connectivity index (χ3v) is 4.56. The number of aryl methyl sites for hydroxylation is 1. The van der Waals surface area contributed by atoms with Crippen LogP contribution in [0, 0.1) is 5.92 Å². The Morgan fingerprint density at radius 2 is 1.74 bits per heavy atom. The molecule has 0 bridgehead atoms. The summed E-state index contributed by atoms with van der Waals surface area (Å²) in [5.74, 6) is -1.11. The fourth-order valence-corrected chi connectivity index (χ4v) is 3.16. The average molecular weight is 326 g/mol. The van der Waals surface area contributed by atoms with E-state index in [-0.39, 0.29) is 12.8 Å². The fraction of sp³-hybridized carbons (Fsp3) is 0.625. The number of likely N-dealkylation sites (tertiary alicyclic amines) is 1. The third kappa shape index (κ3) is 4.02. The van der Waals surface area contributed by atoms with Crippen molar-refractivity contribution in [1.29, 1.82) is 0 Å². The number of nitrogens with zero attached hydrogens (tertiary/aromatic N) is 4. The molecule has 2 aromatic rings. The van der Waals surface area contributed by atoms with Gasteiger partial charge in [-0.05, 0) is 57.5 Å². The molecule has 0 saturated carbocycles. The fourth-order valence-electron chi connectivity index (χ4n) is 3.16. The molecule has 0 radical (unpaired) electrons. The molecule has 3 rings (SSSR count). The van der Waals surface area contributed by atoms with E-state index in [1.54, 1.807) is 0 Å². The van der Waals surface area contributed by atoms with Crippen LogP contribution in [0.3, 0.4) is 0 Å². The van der Waals surface area contributed by atoms with E-state index in [2.05, 4.69) is 15.2 Å². The van der Waals surface area contributed by atoms with Crippen LogP contribution >= 0.6 is 0 Å². The molecule has 1 aromatic heterocycles. The Kier molecular flexibility index (Phi) is 4.84. The molecule has 0 amide bonds. The molecule has 1 aliphatic heterocycles. The molecule has 23 heavy (non-hydrogen) atoms. The van der Waals surface area contributed by atoms with Crippen molar-refractivity contribution in [3.05, 3.63) is 24.3 Å². The summed E-state index contributed by atoms with van der Waals surface area (Å²) in [5.41, 5.74) is 1.92. The molecule has 1 saturated heterocycles. The summed E-state index contributed by atoms with van der Waals surface area (Å²) >= 11 is 0. The van der Waals surface area contributed by atoms with Gasteiger partial charge < -0.3 is 4.90 Å². The highest BCUT2D eigenvalue weighted by Crippen LogP contribution is 2.34. The Morgan fingerprint density at radius 3 is 2.48 bits per heavy atom. The zero-order valence-corrected chi connectivity index (χ0v) is 13.0. The maximum atomic E-state index is 12.6. The molecule has 126 valence electrons. The first-order valence-electron chi connectivity index (χ1n) is 8.11. The van der Waals surface area contributed by atoms with E-state index in [4.69, 9.17) is 0 Å². The SMILES string of the molecule is FC(F)(F)C1CCN(CCCCn2nnc3ccccc32)CC1. The highest BCUT2D eigenvalue weighted by molar-refractivity contribution is 5.73. The molecule has 0 unspecified atom stereocenters. The van der Waals surface area contributed by atoms with Gasteiger partial charge in [0.1, 0.15) is 5.52 Å². The molecule has 1 aromatic carbocycles. The van der Waals surface area contributed by atoms with Crippen LogP contribution < -0.4 is 0 Å². The second kappa shape index (κ2) is 6.86. The van der Waals surface area contributed by atoms with Crippen molar-refractivity contribution < 1.29 is 13.2 Å². The van der Waals surface area contributed by atoms with Crippen molar-refractivity contribution in [2.45, 2.75) is 38.4 Å². The van der Waals surface area contributed by atoms with Crippen LogP contribution in [0.4, 0.5) is 13.2 Å². The zero-order valence-electron chi connectivity index (χ0n) is 13.0. The van der Waals surface area contributed by atoms with E-state index in [1.165, 1.54) is 0 Å². The summed E-state index contributed by atoms with van der Waals surface area (Å²) in [4.78, 5) is 2.14. The Balaban J connectivity index is 1.39. The highest BCUT2D eigenvalue weighted by atomic mass is 19.4. The van der Waals surface area contributed by atoms with E-state index in [1.807, 2.05) is 28.9 Å². The molecule has 0 atom stereocenters. The molecule has 0 spiro atoms. The van der Waals surface area contributed by atoms with Gasteiger partial charge in [-0.25, -0.2) is 4.68 Å². The quantitative estimate of drug-likeness (QED) is 0.789. The minimum atomic E-state index is -4.03. The minimum Gasteiger partial charge on any atom is -0.303 e. The Bertz CT molecular complexity index is 630. The predicted octanol–water partition coefficient (Wildman–Crippen LogP) is 3.49. The number of halogens is 3. The molecule has 0 N–H and O–H groups in total. The lowest BCUT2D eigenvalue weighted by Gasteiger charge is -2.32. The van der Waals surface area contributed by atoms with Gasteiger partial charge in [0.2, 0.25) is 0 Å². The van der Waals surface area contributed by atoms with Gasteiger partial charge in [0, 0.05) is 6.54 Å². The van der Waals surface area contributed by atoms with Crippen molar-refractivity contribution in [3.63, 3.8) is 0 Å². The second-order valence-corrected chi connectivity index (χ2v) is 6.17. The Morgan fingerprint density at radius 1 is 1.04 bits per heavy atom. The third-order valence-electron chi connectivity index (χ3n) is 4.56. The van der Waals surface area contributed by atoms with Crippen molar-refractivity contribution in [2.24, 2.45) is 5.92 Å². The topological polar surface area (TPSA) is 34.0 Å². The number of alkyl halides is 3. The van der Waals surface area contributed by atoms with Crippen LogP contribution in [-0.2, 0) is 6.54 Å². The number of aromatic nitrogens is 3. The van der Waals surface area contributed by atoms with Crippen molar-refractivity contribution in [1.82, 2.24) is 19.9 Å². The second-order valence-electron chi connectivity index (χ2n) is 6.17. The van der Waals surface area contributed by atoms with E-state index >= 15 is 0 Å². The van der Waals surface area contributed by atoms with Gasteiger partial charge in [0.15, 0.2) is 0 Å². The molecule has 7 heteroatoms. The molecule has 1 fully saturated rings. The first-order valence-corrected chi connectivity index (χ1v) is 8.11. The molecule has 4 nitrogen and oxygen atoms in total. The van der Waals surface area contributed by atoms with Crippen molar-refractivity contribution >= 4 is 11.0 Å². The molecule has 1 aliphatic rings. The lowest BCUT2D eigenvalue weighted by atomic mass is 9.96.